The minimum atomic E-state index is -1.05. The highest BCUT2D eigenvalue weighted by atomic mass is 35.5. The lowest BCUT2D eigenvalue weighted by Gasteiger charge is -2.27. The highest BCUT2D eigenvalue weighted by Crippen LogP contribution is 2.42. The smallest absolute Gasteiger partial charge is 0.295 e. The molecule has 2 heterocycles. The summed E-state index contributed by atoms with van der Waals surface area (Å²) in [7, 11) is 0. The second-order valence-electron chi connectivity index (χ2n) is 7.24. The van der Waals surface area contributed by atoms with E-state index < -0.39 is 23.7 Å². The van der Waals surface area contributed by atoms with Crippen LogP contribution in [0.3, 0.4) is 0 Å². The Labute approximate surface area is 172 Å². The quantitative estimate of drug-likeness (QED) is 0.471. The molecular weight excluding hydrogens is 392 g/mol. The van der Waals surface area contributed by atoms with Crippen molar-refractivity contribution in [2.75, 3.05) is 4.90 Å². The van der Waals surface area contributed by atoms with Crippen LogP contribution in [0.25, 0.3) is 11.0 Å². The first kappa shape index (κ1) is 19.3. The molecular formula is C22H19ClN2O4. The van der Waals surface area contributed by atoms with Crippen LogP contribution in [0, 0.1) is 19.8 Å². The van der Waals surface area contributed by atoms with Crippen LogP contribution >= 0.6 is 11.6 Å². The number of amides is 1. The average molecular weight is 411 g/mol. The first-order valence-corrected chi connectivity index (χ1v) is 9.73. The van der Waals surface area contributed by atoms with Crippen molar-refractivity contribution in [3.8, 4) is 0 Å². The molecule has 4 rings (SSSR count). The van der Waals surface area contributed by atoms with Gasteiger partial charge in [0, 0.05) is 22.5 Å². The third-order valence-corrected chi connectivity index (χ3v) is 5.67. The van der Waals surface area contributed by atoms with E-state index in [1.54, 1.807) is 43.3 Å². The molecule has 0 bridgehead atoms. The number of carbonyl (C=O) groups excluding carboxylic acids is 3. The summed E-state index contributed by atoms with van der Waals surface area (Å²) in [6.45, 7) is 5.36. The number of fused-ring (bicyclic) bond motifs is 1. The van der Waals surface area contributed by atoms with Gasteiger partial charge in [-0.3, -0.25) is 19.3 Å². The molecule has 148 valence electrons. The number of aromatic nitrogens is 1. The molecule has 0 saturated carbocycles. The predicted octanol–water partition coefficient (Wildman–Crippen LogP) is 4.35. The fourth-order valence-electron chi connectivity index (χ4n) is 3.94. The summed E-state index contributed by atoms with van der Waals surface area (Å²) >= 11 is 6.01. The zero-order valence-electron chi connectivity index (χ0n) is 16.2. The van der Waals surface area contributed by atoms with Gasteiger partial charge in [-0.2, -0.15) is 0 Å². The van der Waals surface area contributed by atoms with Crippen LogP contribution in [0.15, 0.2) is 40.9 Å². The molecule has 2 unspecified atom stereocenters. The summed E-state index contributed by atoms with van der Waals surface area (Å²) in [5.74, 6) is -2.68. The van der Waals surface area contributed by atoms with E-state index in [0.717, 1.165) is 10.9 Å². The van der Waals surface area contributed by atoms with Crippen molar-refractivity contribution in [1.29, 1.82) is 0 Å². The zero-order valence-corrected chi connectivity index (χ0v) is 17.0. The Morgan fingerprint density at radius 1 is 1.17 bits per heavy atom. The van der Waals surface area contributed by atoms with E-state index in [1.807, 2.05) is 13.8 Å². The van der Waals surface area contributed by atoms with Gasteiger partial charge in [0.15, 0.2) is 5.58 Å². The fourth-order valence-corrected chi connectivity index (χ4v) is 4.07. The first-order chi connectivity index (χ1) is 13.8. The van der Waals surface area contributed by atoms with Gasteiger partial charge in [0.05, 0.1) is 11.7 Å². The number of nitrogens with zero attached hydrogens (tertiary/aromatic N) is 2. The second kappa shape index (κ2) is 7.12. The topological polar surface area (TPSA) is 80.5 Å². The maximum Gasteiger partial charge on any atom is 0.295 e. The molecule has 1 aliphatic heterocycles. The number of Topliss-reactive ketones (excluding diaryl/α,β-unsaturated/α-hetero) is 2. The Morgan fingerprint density at radius 2 is 1.86 bits per heavy atom. The fraction of sp³-hybridized carbons (Fsp3) is 0.273. The van der Waals surface area contributed by atoms with Crippen molar-refractivity contribution in [3.63, 3.8) is 0 Å². The van der Waals surface area contributed by atoms with Crippen molar-refractivity contribution in [2.45, 2.75) is 33.2 Å². The predicted molar refractivity (Wildman–Crippen MR) is 109 cm³/mol. The molecule has 2 aromatic carbocycles. The number of hydrogen-bond acceptors (Lipinski definition) is 5. The summed E-state index contributed by atoms with van der Waals surface area (Å²) < 4.78 is 5.36. The Bertz CT molecular complexity index is 1150. The van der Waals surface area contributed by atoms with E-state index in [-0.39, 0.29) is 12.2 Å². The number of benzene rings is 2. The molecule has 0 spiro atoms. The molecule has 1 saturated heterocycles. The highest BCUT2D eigenvalue weighted by molar-refractivity contribution is 6.48. The lowest BCUT2D eigenvalue weighted by molar-refractivity contribution is -0.139. The molecule has 6 nitrogen and oxygen atoms in total. The van der Waals surface area contributed by atoms with E-state index in [0.29, 0.717) is 27.6 Å². The van der Waals surface area contributed by atoms with Crippen molar-refractivity contribution in [1.82, 2.24) is 5.16 Å². The molecule has 0 aliphatic carbocycles. The Kier molecular flexibility index (Phi) is 4.74. The molecule has 1 aromatic heterocycles. The maximum absolute atomic E-state index is 13.0. The number of anilines is 1. The lowest BCUT2D eigenvalue weighted by atomic mass is 9.88. The zero-order chi connectivity index (χ0) is 20.9. The van der Waals surface area contributed by atoms with Crippen LogP contribution in [0.5, 0.6) is 0 Å². The van der Waals surface area contributed by atoms with Crippen LogP contribution in [0.1, 0.15) is 36.2 Å². The number of hydrogen-bond donors (Lipinski definition) is 0. The summed E-state index contributed by atoms with van der Waals surface area (Å²) in [5, 5.41) is 5.29. The van der Waals surface area contributed by atoms with E-state index in [9.17, 15) is 14.4 Å². The van der Waals surface area contributed by atoms with E-state index in [1.165, 1.54) is 4.90 Å². The molecule has 0 radical (unpaired) electrons. The van der Waals surface area contributed by atoms with E-state index in [2.05, 4.69) is 5.16 Å². The highest BCUT2D eigenvalue weighted by Gasteiger charge is 2.51. The van der Waals surface area contributed by atoms with Gasteiger partial charge in [0.2, 0.25) is 5.78 Å². The third kappa shape index (κ3) is 3.04. The third-order valence-electron chi connectivity index (χ3n) is 5.41. The van der Waals surface area contributed by atoms with Gasteiger partial charge >= 0.3 is 0 Å². The lowest BCUT2D eigenvalue weighted by Crippen LogP contribution is -2.30. The molecule has 2 atom stereocenters. The number of carbonyl (C=O) groups is 3. The monoisotopic (exact) mass is 410 g/mol. The molecule has 7 heteroatoms. The Morgan fingerprint density at radius 3 is 2.52 bits per heavy atom. The Balaban J connectivity index is 1.93. The largest absolute Gasteiger partial charge is 0.356 e. The normalized spacial score (nSPS) is 19.4. The van der Waals surface area contributed by atoms with Crippen molar-refractivity contribution in [2.24, 2.45) is 5.92 Å². The van der Waals surface area contributed by atoms with Gasteiger partial charge in [-0.1, -0.05) is 35.8 Å². The maximum atomic E-state index is 13.0. The number of halogens is 1. The van der Waals surface area contributed by atoms with Gasteiger partial charge in [0.1, 0.15) is 11.7 Å². The second-order valence-corrected chi connectivity index (χ2v) is 7.68. The standard InChI is InChI=1S/C22H19ClN2O4/c1-4-17(26)18-19(13-5-7-14(23)8-6-13)25(22(28)20(18)27)15-9-11(2)21-16(10-15)12(3)24-29-21/h5-10,18-19H,4H2,1-3H3. The summed E-state index contributed by atoms with van der Waals surface area (Å²) in [6, 6.07) is 9.70. The molecule has 29 heavy (non-hydrogen) atoms. The molecule has 1 fully saturated rings. The van der Waals surface area contributed by atoms with Gasteiger partial charge in [0.25, 0.3) is 5.91 Å². The minimum absolute atomic E-state index is 0.171. The minimum Gasteiger partial charge on any atom is -0.356 e. The van der Waals surface area contributed by atoms with Crippen LogP contribution in [0.4, 0.5) is 5.69 Å². The van der Waals surface area contributed by atoms with Crippen LogP contribution in [-0.2, 0) is 14.4 Å². The molecule has 3 aromatic rings. The average Bonchev–Trinajstić information content (AvgIpc) is 3.20. The van der Waals surface area contributed by atoms with E-state index in [4.69, 9.17) is 16.1 Å². The van der Waals surface area contributed by atoms with Gasteiger partial charge in [-0.05, 0) is 49.2 Å². The first-order valence-electron chi connectivity index (χ1n) is 9.35. The molecule has 1 amide bonds. The van der Waals surface area contributed by atoms with Gasteiger partial charge in [-0.15, -0.1) is 0 Å². The van der Waals surface area contributed by atoms with Gasteiger partial charge in [-0.25, -0.2) is 0 Å². The Hall–Kier alpha value is -2.99. The SMILES string of the molecule is CCC(=O)C1C(=O)C(=O)N(c2cc(C)c3onc(C)c3c2)C1c1ccc(Cl)cc1. The molecule has 0 N–H and O–H groups in total. The summed E-state index contributed by atoms with van der Waals surface area (Å²) in [4.78, 5) is 39.9. The van der Waals surface area contributed by atoms with Crippen LogP contribution < -0.4 is 4.90 Å². The van der Waals surface area contributed by atoms with Crippen molar-refractivity contribution in [3.05, 3.63) is 58.2 Å². The summed E-state index contributed by atoms with van der Waals surface area (Å²) in [6.07, 6.45) is 0.171. The van der Waals surface area contributed by atoms with Crippen molar-refractivity contribution >= 4 is 45.7 Å². The van der Waals surface area contributed by atoms with Crippen LogP contribution in [-0.4, -0.2) is 22.6 Å². The van der Waals surface area contributed by atoms with Crippen LogP contribution in [0.2, 0.25) is 5.02 Å². The van der Waals surface area contributed by atoms with Gasteiger partial charge < -0.3 is 4.52 Å². The number of ketones is 2. The summed E-state index contributed by atoms with van der Waals surface area (Å²) in [5.41, 5.74) is 3.32. The number of aryl methyl sites for hydroxylation is 2. The molecule has 1 aliphatic rings. The van der Waals surface area contributed by atoms with Crippen molar-refractivity contribution < 1.29 is 18.9 Å². The van der Waals surface area contributed by atoms with E-state index >= 15 is 0 Å². The number of rotatable bonds is 4.